The maximum atomic E-state index is 13.2. The molecule has 4 amide bonds. The molecule has 0 aromatic heterocycles. The normalized spacial score (nSPS) is 14.7. The minimum atomic E-state index is -0.880. The maximum Gasteiger partial charge on any atom is 0.335 e. The summed E-state index contributed by atoms with van der Waals surface area (Å²) in [6, 6.07) is 14.9. The zero-order valence-electron chi connectivity index (χ0n) is 19.8. The lowest BCUT2D eigenvalue weighted by Gasteiger charge is -2.26. The van der Waals surface area contributed by atoms with Crippen LogP contribution in [0.25, 0.3) is 6.08 Å². The standard InChI is InChI=1S/C27H21Cl2IN2O5/c1-3-36-23-12-17(11-22(30)24(23)37-14-16-6-4-15(2)5-7-16)10-19-25(33)31-27(35)32(26(19)34)18-8-9-20(28)21(29)13-18/h4-13H,3,14H2,1-2H3,(H,31,33,35)/b19-10+. The molecular formula is C27H21Cl2IN2O5. The molecule has 1 aliphatic heterocycles. The smallest absolute Gasteiger partial charge is 0.335 e. The van der Waals surface area contributed by atoms with Crippen LogP contribution in [-0.4, -0.2) is 24.5 Å². The summed E-state index contributed by atoms with van der Waals surface area (Å²) >= 11 is 14.1. The first-order valence-electron chi connectivity index (χ1n) is 11.2. The molecule has 0 spiro atoms. The fourth-order valence-corrected chi connectivity index (χ4v) is 4.67. The highest BCUT2D eigenvalue weighted by Crippen LogP contribution is 2.36. The van der Waals surface area contributed by atoms with Gasteiger partial charge in [-0.15, -0.1) is 0 Å². The summed E-state index contributed by atoms with van der Waals surface area (Å²) < 4.78 is 12.6. The maximum absolute atomic E-state index is 13.2. The van der Waals surface area contributed by atoms with E-state index in [-0.39, 0.29) is 21.3 Å². The Hall–Kier alpha value is -3.08. The van der Waals surface area contributed by atoms with Crippen molar-refractivity contribution in [3.05, 3.63) is 90.5 Å². The first-order valence-corrected chi connectivity index (χ1v) is 13.0. The van der Waals surface area contributed by atoms with Gasteiger partial charge in [-0.3, -0.25) is 14.9 Å². The number of aryl methyl sites for hydroxylation is 1. The number of carbonyl (C=O) groups excluding carboxylic acids is 3. The molecule has 10 heteroatoms. The zero-order chi connectivity index (χ0) is 26.7. The van der Waals surface area contributed by atoms with Gasteiger partial charge in [0.2, 0.25) is 0 Å². The number of hydrogen-bond donors (Lipinski definition) is 1. The number of halogens is 3. The van der Waals surface area contributed by atoms with Crippen LogP contribution in [0.1, 0.15) is 23.6 Å². The van der Waals surface area contributed by atoms with Gasteiger partial charge in [-0.05, 0) is 84.0 Å². The Morgan fingerprint density at radius 1 is 0.973 bits per heavy atom. The van der Waals surface area contributed by atoms with Crippen LogP contribution < -0.4 is 19.7 Å². The van der Waals surface area contributed by atoms with Crippen LogP contribution >= 0.6 is 45.8 Å². The summed E-state index contributed by atoms with van der Waals surface area (Å²) in [5.74, 6) is -0.578. The van der Waals surface area contributed by atoms with E-state index < -0.39 is 17.8 Å². The van der Waals surface area contributed by atoms with E-state index in [4.69, 9.17) is 32.7 Å². The van der Waals surface area contributed by atoms with E-state index in [1.807, 2.05) is 38.1 Å². The van der Waals surface area contributed by atoms with Crippen molar-refractivity contribution in [2.45, 2.75) is 20.5 Å². The molecule has 0 radical (unpaired) electrons. The number of imide groups is 2. The third-order valence-corrected chi connectivity index (χ3v) is 6.95. The van der Waals surface area contributed by atoms with E-state index in [0.29, 0.717) is 30.3 Å². The van der Waals surface area contributed by atoms with Crippen LogP contribution in [0, 0.1) is 10.5 Å². The van der Waals surface area contributed by atoms with Crippen LogP contribution in [0.5, 0.6) is 11.5 Å². The van der Waals surface area contributed by atoms with Crippen molar-refractivity contribution in [3.8, 4) is 11.5 Å². The van der Waals surface area contributed by atoms with Crippen molar-refractivity contribution in [1.82, 2.24) is 5.32 Å². The van der Waals surface area contributed by atoms with Gasteiger partial charge in [0, 0.05) is 0 Å². The molecule has 3 aromatic rings. The number of amides is 4. The predicted octanol–water partition coefficient (Wildman–Crippen LogP) is 6.55. The fraction of sp³-hybridized carbons (Fsp3) is 0.148. The molecule has 190 valence electrons. The summed E-state index contributed by atoms with van der Waals surface area (Å²) in [6.45, 7) is 4.60. The number of nitrogens with zero attached hydrogens (tertiary/aromatic N) is 1. The van der Waals surface area contributed by atoms with Gasteiger partial charge in [-0.1, -0.05) is 53.0 Å². The lowest BCUT2D eigenvalue weighted by molar-refractivity contribution is -0.122. The first kappa shape index (κ1) is 27.0. The van der Waals surface area contributed by atoms with E-state index in [0.717, 1.165) is 19.6 Å². The molecule has 1 aliphatic rings. The average Bonchev–Trinajstić information content (AvgIpc) is 2.84. The van der Waals surface area contributed by atoms with Crippen LogP contribution in [-0.2, 0) is 16.2 Å². The lowest BCUT2D eigenvalue weighted by atomic mass is 10.1. The van der Waals surface area contributed by atoms with Gasteiger partial charge in [-0.2, -0.15) is 0 Å². The second-order valence-corrected chi connectivity index (χ2v) is 10.1. The summed E-state index contributed by atoms with van der Waals surface area (Å²) in [7, 11) is 0. The van der Waals surface area contributed by atoms with E-state index in [9.17, 15) is 14.4 Å². The number of rotatable bonds is 7. The third-order valence-electron chi connectivity index (χ3n) is 5.41. The van der Waals surface area contributed by atoms with E-state index in [2.05, 4.69) is 27.9 Å². The molecule has 1 fully saturated rings. The van der Waals surface area contributed by atoms with Crippen LogP contribution in [0.15, 0.2) is 60.2 Å². The molecule has 7 nitrogen and oxygen atoms in total. The van der Waals surface area contributed by atoms with Crippen molar-refractivity contribution < 1.29 is 23.9 Å². The van der Waals surface area contributed by atoms with Crippen LogP contribution in [0.2, 0.25) is 10.0 Å². The molecule has 1 saturated heterocycles. The molecule has 0 unspecified atom stereocenters. The summed E-state index contributed by atoms with van der Waals surface area (Å²) in [6.07, 6.45) is 1.41. The highest BCUT2D eigenvalue weighted by atomic mass is 127. The molecule has 0 saturated carbocycles. The monoisotopic (exact) mass is 650 g/mol. The Kier molecular flexibility index (Phi) is 8.41. The SMILES string of the molecule is CCOc1cc(/C=C2\C(=O)NC(=O)N(c3ccc(Cl)c(Cl)c3)C2=O)cc(I)c1OCc1ccc(C)cc1. The fourth-order valence-electron chi connectivity index (χ4n) is 3.60. The Labute approximate surface area is 237 Å². The topological polar surface area (TPSA) is 84.9 Å². The van der Waals surface area contributed by atoms with Gasteiger partial charge in [0.15, 0.2) is 11.5 Å². The van der Waals surface area contributed by atoms with Crippen molar-refractivity contribution >= 4 is 75.4 Å². The second kappa shape index (κ2) is 11.5. The Morgan fingerprint density at radius 2 is 1.70 bits per heavy atom. The van der Waals surface area contributed by atoms with Gasteiger partial charge in [0.05, 0.1) is 25.9 Å². The van der Waals surface area contributed by atoms with Crippen molar-refractivity contribution in [2.24, 2.45) is 0 Å². The highest BCUT2D eigenvalue weighted by molar-refractivity contribution is 14.1. The Morgan fingerprint density at radius 3 is 2.38 bits per heavy atom. The lowest BCUT2D eigenvalue weighted by Crippen LogP contribution is -2.54. The molecule has 0 aliphatic carbocycles. The number of nitrogens with one attached hydrogen (secondary N) is 1. The number of urea groups is 1. The number of benzene rings is 3. The third kappa shape index (κ3) is 6.08. The minimum absolute atomic E-state index is 0.166. The van der Waals surface area contributed by atoms with Crippen molar-refractivity contribution in [2.75, 3.05) is 11.5 Å². The molecule has 1 heterocycles. The average molecular weight is 651 g/mol. The van der Waals surface area contributed by atoms with E-state index >= 15 is 0 Å². The van der Waals surface area contributed by atoms with E-state index in [1.54, 1.807) is 12.1 Å². The van der Waals surface area contributed by atoms with Gasteiger partial charge >= 0.3 is 6.03 Å². The van der Waals surface area contributed by atoms with Crippen LogP contribution in [0.3, 0.4) is 0 Å². The molecular weight excluding hydrogens is 630 g/mol. The molecule has 4 rings (SSSR count). The summed E-state index contributed by atoms with van der Waals surface area (Å²) in [5.41, 5.74) is 2.65. The largest absolute Gasteiger partial charge is 0.490 e. The number of hydrogen-bond acceptors (Lipinski definition) is 5. The van der Waals surface area contributed by atoms with Crippen molar-refractivity contribution in [3.63, 3.8) is 0 Å². The number of carbonyl (C=O) groups is 3. The van der Waals surface area contributed by atoms with Crippen molar-refractivity contribution in [1.29, 1.82) is 0 Å². The van der Waals surface area contributed by atoms with Gasteiger partial charge in [0.25, 0.3) is 11.8 Å². The van der Waals surface area contributed by atoms with Gasteiger partial charge < -0.3 is 9.47 Å². The minimum Gasteiger partial charge on any atom is -0.490 e. The predicted molar refractivity (Wildman–Crippen MR) is 151 cm³/mol. The number of anilines is 1. The van der Waals surface area contributed by atoms with Gasteiger partial charge in [0.1, 0.15) is 12.2 Å². The molecule has 3 aromatic carbocycles. The number of ether oxygens (including phenoxy) is 2. The molecule has 1 N–H and O–H groups in total. The summed E-state index contributed by atoms with van der Waals surface area (Å²) in [5, 5.41) is 2.63. The molecule has 0 atom stereocenters. The van der Waals surface area contributed by atoms with E-state index in [1.165, 1.54) is 24.3 Å². The zero-order valence-corrected chi connectivity index (χ0v) is 23.5. The quantitative estimate of drug-likeness (QED) is 0.178. The first-order chi connectivity index (χ1) is 17.7. The second-order valence-electron chi connectivity index (χ2n) is 8.09. The van der Waals surface area contributed by atoms with Gasteiger partial charge in [-0.25, -0.2) is 9.69 Å². The summed E-state index contributed by atoms with van der Waals surface area (Å²) in [4.78, 5) is 39.2. The highest BCUT2D eigenvalue weighted by Gasteiger charge is 2.37. The molecule has 0 bridgehead atoms. The molecule has 37 heavy (non-hydrogen) atoms. The Balaban J connectivity index is 1.66. The Bertz CT molecular complexity index is 1420. The van der Waals surface area contributed by atoms with Crippen LogP contribution in [0.4, 0.5) is 10.5 Å². The number of barbiturate groups is 1.